The first-order valence-electron chi connectivity index (χ1n) is 7.93. The second kappa shape index (κ2) is 9.26. The van der Waals surface area contributed by atoms with E-state index in [1.54, 1.807) is 0 Å². The standard InChI is InChI=1S/C15H27N3O2.ClH/c1-12-10-16-8-9-18(12)15(20)11-17-14(19)7-6-13-4-2-3-5-13;/h12-13,16H,2-11H2,1H3,(H,17,19);1H/t12-;/m1./s1. The van der Waals surface area contributed by atoms with Crippen molar-refractivity contribution < 1.29 is 9.59 Å². The third-order valence-corrected chi connectivity index (χ3v) is 4.51. The predicted octanol–water partition coefficient (Wildman–Crippen LogP) is 1.32. The van der Waals surface area contributed by atoms with E-state index in [0.717, 1.165) is 32.0 Å². The van der Waals surface area contributed by atoms with Crippen molar-refractivity contribution >= 4 is 24.2 Å². The molecule has 2 rings (SSSR count). The van der Waals surface area contributed by atoms with Gasteiger partial charge in [0.2, 0.25) is 11.8 Å². The van der Waals surface area contributed by atoms with Crippen LogP contribution in [-0.2, 0) is 9.59 Å². The molecule has 122 valence electrons. The Labute approximate surface area is 133 Å². The molecule has 0 spiro atoms. The second-order valence-corrected chi connectivity index (χ2v) is 6.11. The fraction of sp³-hybridized carbons (Fsp3) is 0.867. The monoisotopic (exact) mass is 317 g/mol. The van der Waals surface area contributed by atoms with Crippen LogP contribution in [0.3, 0.4) is 0 Å². The van der Waals surface area contributed by atoms with Gasteiger partial charge in [-0.15, -0.1) is 12.4 Å². The molecule has 21 heavy (non-hydrogen) atoms. The first-order chi connectivity index (χ1) is 9.66. The third kappa shape index (κ3) is 5.83. The Hall–Kier alpha value is -0.810. The molecule has 6 heteroatoms. The lowest BCUT2D eigenvalue weighted by molar-refractivity contribution is -0.135. The zero-order valence-corrected chi connectivity index (χ0v) is 13.7. The normalized spacial score (nSPS) is 22.7. The van der Waals surface area contributed by atoms with Gasteiger partial charge in [0.25, 0.3) is 0 Å². The Morgan fingerprint density at radius 2 is 2.00 bits per heavy atom. The van der Waals surface area contributed by atoms with Gasteiger partial charge < -0.3 is 15.5 Å². The van der Waals surface area contributed by atoms with E-state index in [1.165, 1.54) is 25.7 Å². The Bertz CT molecular complexity index is 346. The van der Waals surface area contributed by atoms with Crippen molar-refractivity contribution in [2.45, 2.75) is 51.5 Å². The largest absolute Gasteiger partial charge is 0.347 e. The van der Waals surface area contributed by atoms with Gasteiger partial charge >= 0.3 is 0 Å². The Morgan fingerprint density at radius 1 is 1.29 bits per heavy atom. The van der Waals surface area contributed by atoms with Crippen molar-refractivity contribution in [3.05, 3.63) is 0 Å². The highest BCUT2D eigenvalue weighted by molar-refractivity contribution is 5.85. The average molecular weight is 318 g/mol. The number of piperazine rings is 1. The van der Waals surface area contributed by atoms with Crippen LogP contribution in [0.4, 0.5) is 0 Å². The number of halogens is 1. The fourth-order valence-electron chi connectivity index (χ4n) is 3.21. The van der Waals surface area contributed by atoms with Crippen molar-refractivity contribution in [2.24, 2.45) is 5.92 Å². The minimum atomic E-state index is 0. The molecule has 1 atom stereocenters. The molecule has 1 heterocycles. The van der Waals surface area contributed by atoms with Crippen LogP contribution in [0.1, 0.15) is 45.4 Å². The summed E-state index contributed by atoms with van der Waals surface area (Å²) < 4.78 is 0. The molecule has 2 aliphatic rings. The molecule has 1 aliphatic heterocycles. The minimum Gasteiger partial charge on any atom is -0.347 e. The molecule has 5 nitrogen and oxygen atoms in total. The van der Waals surface area contributed by atoms with Crippen LogP contribution in [0.5, 0.6) is 0 Å². The van der Waals surface area contributed by atoms with Crippen LogP contribution in [0.15, 0.2) is 0 Å². The predicted molar refractivity (Wildman–Crippen MR) is 85.5 cm³/mol. The summed E-state index contributed by atoms with van der Waals surface area (Å²) in [6.07, 6.45) is 6.70. The van der Waals surface area contributed by atoms with Gasteiger partial charge in [-0.3, -0.25) is 9.59 Å². The molecule has 0 aromatic carbocycles. The van der Waals surface area contributed by atoms with E-state index in [1.807, 2.05) is 11.8 Å². The SMILES string of the molecule is C[C@@H]1CNCCN1C(=O)CNC(=O)CCC1CCCC1.Cl. The summed E-state index contributed by atoms with van der Waals surface area (Å²) >= 11 is 0. The van der Waals surface area contributed by atoms with Crippen LogP contribution in [-0.4, -0.2) is 48.9 Å². The van der Waals surface area contributed by atoms with Crippen LogP contribution < -0.4 is 10.6 Å². The molecule has 2 N–H and O–H groups in total. The molecule has 0 radical (unpaired) electrons. The number of amides is 2. The quantitative estimate of drug-likeness (QED) is 0.804. The maximum atomic E-state index is 12.1. The molecule has 0 aromatic rings. The lowest BCUT2D eigenvalue weighted by Gasteiger charge is -2.34. The third-order valence-electron chi connectivity index (χ3n) is 4.51. The topological polar surface area (TPSA) is 61.4 Å². The van der Waals surface area contributed by atoms with E-state index in [4.69, 9.17) is 0 Å². The van der Waals surface area contributed by atoms with E-state index in [9.17, 15) is 9.59 Å². The lowest BCUT2D eigenvalue weighted by atomic mass is 10.0. The van der Waals surface area contributed by atoms with E-state index >= 15 is 0 Å². The highest BCUT2D eigenvalue weighted by Gasteiger charge is 2.23. The minimum absolute atomic E-state index is 0. The highest BCUT2D eigenvalue weighted by atomic mass is 35.5. The second-order valence-electron chi connectivity index (χ2n) is 6.11. The zero-order chi connectivity index (χ0) is 14.4. The van der Waals surface area contributed by atoms with Gasteiger partial charge in [-0.2, -0.15) is 0 Å². The summed E-state index contributed by atoms with van der Waals surface area (Å²) in [6, 6.07) is 0.214. The van der Waals surface area contributed by atoms with Crippen LogP contribution >= 0.6 is 12.4 Å². The van der Waals surface area contributed by atoms with Gasteiger partial charge in [-0.1, -0.05) is 25.7 Å². The lowest BCUT2D eigenvalue weighted by Crippen LogP contribution is -2.54. The summed E-state index contributed by atoms with van der Waals surface area (Å²) in [4.78, 5) is 25.7. The van der Waals surface area contributed by atoms with Gasteiger partial charge in [0.15, 0.2) is 0 Å². The van der Waals surface area contributed by atoms with Crippen molar-refractivity contribution in [1.82, 2.24) is 15.5 Å². The highest BCUT2D eigenvalue weighted by Crippen LogP contribution is 2.28. The maximum absolute atomic E-state index is 12.1. The first kappa shape index (κ1) is 18.2. The van der Waals surface area contributed by atoms with Gasteiger partial charge in [-0.05, 0) is 19.3 Å². The van der Waals surface area contributed by atoms with Crippen molar-refractivity contribution in [2.75, 3.05) is 26.2 Å². The Morgan fingerprint density at radius 3 is 2.67 bits per heavy atom. The molecule has 1 saturated carbocycles. The molecule has 0 unspecified atom stereocenters. The number of nitrogens with zero attached hydrogens (tertiary/aromatic N) is 1. The van der Waals surface area contributed by atoms with Crippen LogP contribution in [0, 0.1) is 5.92 Å². The molecule has 2 fully saturated rings. The molecule has 0 aromatic heterocycles. The van der Waals surface area contributed by atoms with Crippen molar-refractivity contribution in [3.63, 3.8) is 0 Å². The summed E-state index contributed by atoms with van der Waals surface area (Å²) in [5.41, 5.74) is 0. The maximum Gasteiger partial charge on any atom is 0.242 e. The van der Waals surface area contributed by atoms with Gasteiger partial charge in [0.1, 0.15) is 0 Å². The average Bonchev–Trinajstić information content (AvgIpc) is 2.96. The molecule has 0 bridgehead atoms. The van der Waals surface area contributed by atoms with Gasteiger partial charge in [0.05, 0.1) is 6.54 Å². The molecule has 2 amide bonds. The first-order valence-corrected chi connectivity index (χ1v) is 7.93. The van der Waals surface area contributed by atoms with Gasteiger partial charge in [-0.25, -0.2) is 0 Å². The van der Waals surface area contributed by atoms with Gasteiger partial charge in [0, 0.05) is 32.1 Å². The van der Waals surface area contributed by atoms with E-state index in [2.05, 4.69) is 10.6 Å². The summed E-state index contributed by atoms with van der Waals surface area (Å²) in [5, 5.41) is 6.03. The summed E-state index contributed by atoms with van der Waals surface area (Å²) in [7, 11) is 0. The fourth-order valence-corrected chi connectivity index (χ4v) is 3.21. The Kier molecular flexibility index (Phi) is 8.04. The van der Waals surface area contributed by atoms with E-state index in [0.29, 0.717) is 6.42 Å². The molecule has 1 aliphatic carbocycles. The zero-order valence-electron chi connectivity index (χ0n) is 12.9. The van der Waals surface area contributed by atoms with E-state index in [-0.39, 0.29) is 36.8 Å². The van der Waals surface area contributed by atoms with Crippen molar-refractivity contribution in [3.8, 4) is 0 Å². The number of carbonyl (C=O) groups is 2. The van der Waals surface area contributed by atoms with Crippen LogP contribution in [0.2, 0.25) is 0 Å². The molecular formula is C15H28ClN3O2. The summed E-state index contributed by atoms with van der Waals surface area (Å²) in [6.45, 7) is 4.59. The number of hydrogen-bond donors (Lipinski definition) is 2. The Balaban J connectivity index is 0.00000220. The van der Waals surface area contributed by atoms with Crippen LogP contribution in [0.25, 0.3) is 0 Å². The molecular weight excluding hydrogens is 290 g/mol. The van der Waals surface area contributed by atoms with Crippen molar-refractivity contribution in [1.29, 1.82) is 0 Å². The smallest absolute Gasteiger partial charge is 0.242 e. The number of hydrogen-bond acceptors (Lipinski definition) is 3. The number of nitrogens with one attached hydrogen (secondary N) is 2. The number of rotatable bonds is 5. The van der Waals surface area contributed by atoms with E-state index < -0.39 is 0 Å². The summed E-state index contributed by atoms with van der Waals surface area (Å²) in [5.74, 6) is 0.783. The number of carbonyl (C=O) groups excluding carboxylic acids is 2. The molecule has 1 saturated heterocycles.